The normalized spacial score (nSPS) is 15.4. The smallest absolute Gasteiger partial charge is 0.317 e. The lowest BCUT2D eigenvalue weighted by Gasteiger charge is -2.27. The molecule has 5 heteroatoms. The molecule has 27 heavy (non-hydrogen) atoms. The second kappa shape index (κ2) is 7.58. The molecular formula is C22H22N2O3. The number of urea groups is 1. The minimum Gasteiger partial charge on any atom is -0.486 e. The van der Waals surface area contributed by atoms with E-state index in [1.807, 2.05) is 42.5 Å². The highest BCUT2D eigenvalue weighted by Crippen LogP contribution is 2.30. The Kier molecular flexibility index (Phi) is 4.83. The Morgan fingerprint density at radius 3 is 2.67 bits per heavy atom. The molecule has 1 heterocycles. The van der Waals surface area contributed by atoms with E-state index in [2.05, 4.69) is 29.6 Å². The Morgan fingerprint density at radius 2 is 1.78 bits per heavy atom. The molecule has 1 atom stereocenters. The summed E-state index contributed by atoms with van der Waals surface area (Å²) < 4.78 is 11.6. The number of rotatable bonds is 4. The summed E-state index contributed by atoms with van der Waals surface area (Å²) in [4.78, 5) is 14.2. The number of amides is 2. The minimum absolute atomic E-state index is 0.134. The van der Waals surface area contributed by atoms with Gasteiger partial charge in [-0.05, 0) is 28.5 Å². The second-order valence-corrected chi connectivity index (χ2v) is 6.68. The predicted molar refractivity (Wildman–Crippen MR) is 105 cm³/mol. The third-order valence-corrected chi connectivity index (χ3v) is 4.68. The molecule has 1 aliphatic heterocycles. The Morgan fingerprint density at radius 1 is 1.04 bits per heavy atom. The van der Waals surface area contributed by atoms with Crippen LogP contribution in [-0.2, 0) is 6.54 Å². The van der Waals surface area contributed by atoms with Gasteiger partial charge in [0.25, 0.3) is 0 Å². The zero-order chi connectivity index (χ0) is 18.6. The SMILES string of the molecule is CN(Cc1cccc2ccccc12)C(=O)NC[C@@H]1COc2ccccc2O1. The molecule has 4 rings (SSSR count). The lowest BCUT2D eigenvalue weighted by molar-refractivity contribution is 0.0904. The van der Waals surface area contributed by atoms with Crippen LogP contribution >= 0.6 is 0 Å². The standard InChI is InChI=1S/C22H22N2O3/c1-24(14-17-9-6-8-16-7-2-3-10-19(16)17)22(25)23-13-18-15-26-20-11-4-5-12-21(20)27-18/h2-12,18H,13-15H2,1H3,(H,23,25)/t18-/m1/s1. The number of para-hydroxylation sites is 2. The molecule has 0 saturated heterocycles. The van der Waals surface area contributed by atoms with Gasteiger partial charge in [0, 0.05) is 13.6 Å². The maximum Gasteiger partial charge on any atom is 0.317 e. The van der Waals surface area contributed by atoms with E-state index in [-0.39, 0.29) is 12.1 Å². The topological polar surface area (TPSA) is 50.8 Å². The first-order valence-electron chi connectivity index (χ1n) is 9.05. The van der Waals surface area contributed by atoms with E-state index >= 15 is 0 Å². The molecule has 5 nitrogen and oxygen atoms in total. The lowest BCUT2D eigenvalue weighted by atomic mass is 10.0. The number of hydrogen-bond donors (Lipinski definition) is 1. The summed E-state index contributed by atoms with van der Waals surface area (Å²) >= 11 is 0. The quantitative estimate of drug-likeness (QED) is 0.768. The van der Waals surface area contributed by atoms with Crippen LogP contribution in [0.25, 0.3) is 10.8 Å². The second-order valence-electron chi connectivity index (χ2n) is 6.68. The summed E-state index contributed by atoms with van der Waals surface area (Å²) in [6.07, 6.45) is -0.199. The van der Waals surface area contributed by atoms with Crippen molar-refractivity contribution in [3.63, 3.8) is 0 Å². The fourth-order valence-corrected chi connectivity index (χ4v) is 3.26. The molecule has 0 radical (unpaired) electrons. The zero-order valence-corrected chi connectivity index (χ0v) is 15.2. The third-order valence-electron chi connectivity index (χ3n) is 4.68. The van der Waals surface area contributed by atoms with Crippen LogP contribution < -0.4 is 14.8 Å². The van der Waals surface area contributed by atoms with Gasteiger partial charge in [0.15, 0.2) is 17.6 Å². The number of carbonyl (C=O) groups excluding carboxylic acids is 1. The molecule has 2 amide bonds. The molecule has 138 valence electrons. The van der Waals surface area contributed by atoms with Crippen LogP contribution in [0.15, 0.2) is 66.7 Å². The monoisotopic (exact) mass is 362 g/mol. The van der Waals surface area contributed by atoms with Crippen LogP contribution in [0.2, 0.25) is 0 Å². The van der Waals surface area contributed by atoms with Gasteiger partial charge in [-0.1, -0.05) is 54.6 Å². The summed E-state index contributed by atoms with van der Waals surface area (Å²) in [5.74, 6) is 1.46. The Hall–Kier alpha value is -3.21. The highest BCUT2D eigenvalue weighted by Gasteiger charge is 2.21. The molecule has 0 aromatic heterocycles. The number of nitrogens with one attached hydrogen (secondary N) is 1. The van der Waals surface area contributed by atoms with Crippen LogP contribution in [0, 0.1) is 0 Å². The van der Waals surface area contributed by atoms with Crippen molar-refractivity contribution in [1.82, 2.24) is 10.2 Å². The van der Waals surface area contributed by atoms with E-state index in [4.69, 9.17) is 9.47 Å². The van der Waals surface area contributed by atoms with E-state index in [9.17, 15) is 4.79 Å². The predicted octanol–water partition coefficient (Wildman–Crippen LogP) is 3.82. The minimum atomic E-state index is -0.199. The summed E-state index contributed by atoms with van der Waals surface area (Å²) in [6.45, 7) is 1.36. The first kappa shape index (κ1) is 17.2. The molecule has 1 aliphatic rings. The van der Waals surface area contributed by atoms with Crippen LogP contribution in [0.5, 0.6) is 11.5 Å². The maximum atomic E-state index is 12.5. The lowest BCUT2D eigenvalue weighted by Crippen LogP contribution is -2.44. The van der Waals surface area contributed by atoms with E-state index in [1.165, 1.54) is 10.8 Å². The van der Waals surface area contributed by atoms with Crippen molar-refractivity contribution >= 4 is 16.8 Å². The van der Waals surface area contributed by atoms with Crippen molar-refractivity contribution < 1.29 is 14.3 Å². The highest BCUT2D eigenvalue weighted by molar-refractivity contribution is 5.86. The average molecular weight is 362 g/mol. The number of fused-ring (bicyclic) bond motifs is 2. The largest absolute Gasteiger partial charge is 0.486 e. The molecule has 3 aromatic carbocycles. The van der Waals surface area contributed by atoms with Crippen molar-refractivity contribution in [1.29, 1.82) is 0 Å². The fourth-order valence-electron chi connectivity index (χ4n) is 3.26. The van der Waals surface area contributed by atoms with Gasteiger partial charge in [0.05, 0.1) is 6.54 Å². The van der Waals surface area contributed by atoms with E-state index in [0.717, 1.165) is 11.3 Å². The molecule has 0 fully saturated rings. The Bertz CT molecular complexity index is 952. The fraction of sp³-hybridized carbons (Fsp3) is 0.227. The molecule has 1 N–H and O–H groups in total. The van der Waals surface area contributed by atoms with Crippen molar-refractivity contribution in [2.45, 2.75) is 12.6 Å². The van der Waals surface area contributed by atoms with Crippen LogP contribution in [-0.4, -0.2) is 37.2 Å². The molecule has 3 aromatic rings. The van der Waals surface area contributed by atoms with Gasteiger partial charge in [-0.2, -0.15) is 0 Å². The molecule has 0 spiro atoms. The summed E-state index contributed by atoms with van der Waals surface area (Å²) in [7, 11) is 1.80. The molecule has 0 saturated carbocycles. The van der Waals surface area contributed by atoms with Gasteiger partial charge in [0.1, 0.15) is 6.61 Å². The third kappa shape index (κ3) is 3.82. The van der Waals surface area contributed by atoms with Gasteiger partial charge in [0.2, 0.25) is 0 Å². The summed E-state index contributed by atoms with van der Waals surface area (Å²) in [6, 6.07) is 21.8. The molecule has 0 bridgehead atoms. The first-order valence-corrected chi connectivity index (χ1v) is 9.05. The summed E-state index contributed by atoms with van der Waals surface area (Å²) in [5, 5.41) is 5.28. The Balaban J connectivity index is 1.35. The van der Waals surface area contributed by atoms with Gasteiger partial charge in [-0.15, -0.1) is 0 Å². The van der Waals surface area contributed by atoms with Crippen LogP contribution in [0.1, 0.15) is 5.56 Å². The average Bonchev–Trinajstić information content (AvgIpc) is 2.72. The van der Waals surface area contributed by atoms with Gasteiger partial charge < -0.3 is 19.7 Å². The molecule has 0 aliphatic carbocycles. The van der Waals surface area contributed by atoms with Crippen molar-refractivity contribution in [3.05, 3.63) is 72.3 Å². The highest BCUT2D eigenvalue weighted by atomic mass is 16.6. The number of hydrogen-bond acceptors (Lipinski definition) is 3. The van der Waals surface area contributed by atoms with Gasteiger partial charge in [-0.3, -0.25) is 0 Å². The van der Waals surface area contributed by atoms with Gasteiger partial charge in [-0.25, -0.2) is 4.79 Å². The van der Waals surface area contributed by atoms with Gasteiger partial charge >= 0.3 is 6.03 Å². The van der Waals surface area contributed by atoms with Crippen molar-refractivity contribution in [2.24, 2.45) is 0 Å². The molecule has 0 unspecified atom stereocenters. The number of ether oxygens (including phenoxy) is 2. The Labute approximate surface area is 158 Å². The van der Waals surface area contributed by atoms with E-state index < -0.39 is 0 Å². The summed E-state index contributed by atoms with van der Waals surface area (Å²) in [5.41, 5.74) is 1.12. The van der Waals surface area contributed by atoms with Crippen molar-refractivity contribution in [3.8, 4) is 11.5 Å². The number of nitrogens with zero attached hydrogens (tertiary/aromatic N) is 1. The molecular weight excluding hydrogens is 340 g/mol. The van der Waals surface area contributed by atoms with E-state index in [1.54, 1.807) is 11.9 Å². The number of benzene rings is 3. The first-order chi connectivity index (χ1) is 13.2. The van der Waals surface area contributed by atoms with Crippen molar-refractivity contribution in [2.75, 3.05) is 20.2 Å². The number of carbonyl (C=O) groups is 1. The van der Waals surface area contributed by atoms with Crippen LogP contribution in [0.4, 0.5) is 4.79 Å². The van der Waals surface area contributed by atoms with E-state index in [0.29, 0.717) is 25.4 Å². The maximum absolute atomic E-state index is 12.5. The zero-order valence-electron chi connectivity index (χ0n) is 15.2. The van der Waals surface area contributed by atoms with Crippen LogP contribution in [0.3, 0.4) is 0 Å².